The number of hydrogen-bond donors (Lipinski definition) is 4. The lowest BCUT2D eigenvalue weighted by molar-refractivity contribution is 0.215. The molecule has 0 fully saturated rings. The molecular weight excluding hydrogens is 172 g/mol. The molecule has 0 saturated carbocycles. The molecule has 0 bridgehead atoms. The highest BCUT2D eigenvalue weighted by Crippen LogP contribution is 1.65. The molecule has 0 unspecified atom stereocenters. The van der Waals surface area contributed by atoms with Gasteiger partial charge in [-0.05, 0) is 34.6 Å². The molecule has 0 amide bonds. The molecule has 0 spiro atoms. The Kier molecular flexibility index (Phi) is 52.7. The van der Waals surface area contributed by atoms with E-state index < -0.39 is 0 Å². The van der Waals surface area contributed by atoms with Gasteiger partial charge in [-0.2, -0.15) is 0 Å². The summed E-state index contributed by atoms with van der Waals surface area (Å²) >= 11 is 0. The van der Waals surface area contributed by atoms with E-state index in [1.54, 1.807) is 34.6 Å². The molecule has 86 valence electrons. The van der Waals surface area contributed by atoms with E-state index in [1.165, 1.54) is 0 Å². The molecule has 4 heteroatoms. The van der Waals surface area contributed by atoms with Crippen molar-refractivity contribution in [1.82, 2.24) is 0 Å². The standard InChI is InChI=1S/2C3H8O.C2H6O.CH4O/c2*1-3(2)4;1-2-3;1-2/h2*3-4H,1-2H3;3H,2H2,1H3;2H,1H3. The van der Waals surface area contributed by atoms with Gasteiger partial charge in [0.25, 0.3) is 0 Å². The normalized spacial score (nSPS) is 7.38. The van der Waals surface area contributed by atoms with Crippen LogP contribution in [0.15, 0.2) is 0 Å². The van der Waals surface area contributed by atoms with E-state index in [2.05, 4.69) is 0 Å². The third kappa shape index (κ3) is 44800. The van der Waals surface area contributed by atoms with Crippen LogP contribution in [0.5, 0.6) is 0 Å². The first-order valence-electron chi connectivity index (χ1n) is 4.30. The molecular formula is C9H26O4. The van der Waals surface area contributed by atoms with Gasteiger partial charge in [0.2, 0.25) is 0 Å². The highest BCUT2D eigenvalue weighted by Gasteiger charge is 1.69. The molecule has 4 N–H and O–H groups in total. The highest BCUT2D eigenvalue weighted by molar-refractivity contribution is 4.21. The zero-order valence-corrected chi connectivity index (χ0v) is 9.65. The van der Waals surface area contributed by atoms with Crippen molar-refractivity contribution >= 4 is 0 Å². The van der Waals surface area contributed by atoms with Crippen LogP contribution in [0.25, 0.3) is 0 Å². The maximum Gasteiger partial charge on any atom is 0.0483 e. The van der Waals surface area contributed by atoms with Crippen molar-refractivity contribution in [2.45, 2.75) is 46.8 Å². The summed E-state index contributed by atoms with van der Waals surface area (Å²) < 4.78 is 0. The molecule has 13 heavy (non-hydrogen) atoms. The van der Waals surface area contributed by atoms with Gasteiger partial charge in [-0.3, -0.25) is 0 Å². The van der Waals surface area contributed by atoms with Gasteiger partial charge in [0.1, 0.15) is 0 Å². The van der Waals surface area contributed by atoms with Gasteiger partial charge in [0.15, 0.2) is 0 Å². The van der Waals surface area contributed by atoms with E-state index in [-0.39, 0.29) is 18.8 Å². The Morgan fingerprint density at radius 1 is 0.846 bits per heavy atom. The lowest BCUT2D eigenvalue weighted by atomic mass is 10.5. The lowest BCUT2D eigenvalue weighted by Gasteiger charge is -1.80. The first-order chi connectivity index (χ1) is 5.88. The molecule has 0 aliphatic heterocycles. The van der Waals surface area contributed by atoms with Crippen LogP contribution in [0, 0.1) is 0 Å². The molecule has 0 heterocycles. The fourth-order valence-electron chi connectivity index (χ4n) is 0. The number of hydrogen-bond acceptors (Lipinski definition) is 4. The molecule has 0 aliphatic carbocycles. The van der Waals surface area contributed by atoms with Gasteiger partial charge in [0, 0.05) is 25.9 Å². The van der Waals surface area contributed by atoms with E-state index in [0.29, 0.717) is 0 Å². The van der Waals surface area contributed by atoms with Crippen molar-refractivity contribution in [1.29, 1.82) is 0 Å². The fraction of sp³-hybridized carbons (Fsp3) is 1.00. The molecule has 0 aromatic carbocycles. The summed E-state index contributed by atoms with van der Waals surface area (Å²) in [6.45, 7) is 8.82. The Bertz CT molecular complexity index is 35.4. The molecule has 0 aromatic heterocycles. The quantitative estimate of drug-likeness (QED) is 0.453. The van der Waals surface area contributed by atoms with Gasteiger partial charge in [-0.25, -0.2) is 0 Å². The second kappa shape index (κ2) is 29.7. The van der Waals surface area contributed by atoms with E-state index in [4.69, 9.17) is 20.4 Å². The second-order valence-electron chi connectivity index (χ2n) is 2.50. The molecule has 0 saturated heterocycles. The average molecular weight is 198 g/mol. The van der Waals surface area contributed by atoms with Gasteiger partial charge >= 0.3 is 0 Å². The number of aliphatic hydroxyl groups excluding tert-OH is 4. The topological polar surface area (TPSA) is 80.9 Å². The van der Waals surface area contributed by atoms with E-state index in [9.17, 15) is 0 Å². The average Bonchev–Trinajstić information content (AvgIpc) is 1.89. The Morgan fingerprint density at radius 3 is 0.846 bits per heavy atom. The van der Waals surface area contributed by atoms with Crippen LogP contribution >= 0.6 is 0 Å². The fourth-order valence-corrected chi connectivity index (χ4v) is 0. The van der Waals surface area contributed by atoms with Crippen LogP contribution in [0.2, 0.25) is 0 Å². The van der Waals surface area contributed by atoms with Gasteiger partial charge < -0.3 is 20.4 Å². The van der Waals surface area contributed by atoms with E-state index in [0.717, 1.165) is 7.11 Å². The maximum absolute atomic E-state index is 8.06. The van der Waals surface area contributed by atoms with Crippen molar-refractivity contribution < 1.29 is 20.4 Å². The Balaban J connectivity index is -0.0000000431. The molecule has 0 aliphatic rings. The van der Waals surface area contributed by atoms with Crippen molar-refractivity contribution in [2.75, 3.05) is 13.7 Å². The van der Waals surface area contributed by atoms with Crippen molar-refractivity contribution in [2.24, 2.45) is 0 Å². The number of rotatable bonds is 0. The summed E-state index contributed by atoms with van der Waals surface area (Å²) in [6.07, 6.45) is -0.333. The minimum absolute atomic E-state index is 0.167. The Hall–Kier alpha value is -0.160. The smallest absolute Gasteiger partial charge is 0.0483 e. The van der Waals surface area contributed by atoms with E-state index in [1.807, 2.05) is 0 Å². The summed E-state index contributed by atoms with van der Waals surface area (Å²) in [7, 11) is 1.00. The zero-order valence-electron chi connectivity index (χ0n) is 9.65. The highest BCUT2D eigenvalue weighted by atomic mass is 16.3. The Labute approximate surface area is 81.9 Å². The van der Waals surface area contributed by atoms with E-state index >= 15 is 0 Å². The third-order valence-corrected chi connectivity index (χ3v) is 0. The van der Waals surface area contributed by atoms with Crippen LogP contribution in [-0.4, -0.2) is 46.4 Å². The summed E-state index contributed by atoms with van der Waals surface area (Å²) in [6, 6.07) is 0. The minimum atomic E-state index is -0.167. The van der Waals surface area contributed by atoms with Crippen LogP contribution in [0.1, 0.15) is 34.6 Å². The first-order valence-corrected chi connectivity index (χ1v) is 4.30. The molecule has 0 rings (SSSR count). The molecule has 4 nitrogen and oxygen atoms in total. The third-order valence-electron chi connectivity index (χ3n) is 0. The van der Waals surface area contributed by atoms with Crippen LogP contribution in [0.4, 0.5) is 0 Å². The number of aliphatic hydroxyl groups is 4. The van der Waals surface area contributed by atoms with Crippen molar-refractivity contribution in [3.8, 4) is 0 Å². The SMILES string of the molecule is CC(C)O.CC(C)O.CCO.CO. The van der Waals surface area contributed by atoms with Crippen LogP contribution < -0.4 is 0 Å². The minimum Gasteiger partial charge on any atom is -0.400 e. The maximum atomic E-state index is 8.06. The largest absolute Gasteiger partial charge is 0.400 e. The monoisotopic (exact) mass is 198 g/mol. The zero-order chi connectivity index (χ0) is 11.9. The van der Waals surface area contributed by atoms with Gasteiger partial charge in [-0.15, -0.1) is 0 Å². The summed E-state index contributed by atoms with van der Waals surface area (Å²) in [5, 5.41) is 30.7. The van der Waals surface area contributed by atoms with Crippen molar-refractivity contribution in [3.05, 3.63) is 0 Å². The molecule has 0 atom stereocenters. The van der Waals surface area contributed by atoms with Gasteiger partial charge in [0.05, 0.1) is 0 Å². The van der Waals surface area contributed by atoms with Gasteiger partial charge in [-0.1, -0.05) is 0 Å². The molecule has 0 aromatic rings. The predicted molar refractivity (Wildman–Crippen MR) is 55.6 cm³/mol. The summed E-state index contributed by atoms with van der Waals surface area (Å²) in [5.41, 5.74) is 0. The Morgan fingerprint density at radius 2 is 0.846 bits per heavy atom. The summed E-state index contributed by atoms with van der Waals surface area (Å²) in [5.74, 6) is 0. The van der Waals surface area contributed by atoms with Crippen molar-refractivity contribution in [3.63, 3.8) is 0 Å². The predicted octanol–water partition coefficient (Wildman–Crippen LogP) is 0.381. The lowest BCUT2D eigenvalue weighted by Crippen LogP contribution is -1.85. The summed E-state index contributed by atoms with van der Waals surface area (Å²) in [4.78, 5) is 0. The second-order valence-corrected chi connectivity index (χ2v) is 2.50. The molecule has 0 radical (unpaired) electrons. The van der Waals surface area contributed by atoms with Crippen LogP contribution in [0.3, 0.4) is 0 Å². The first kappa shape index (κ1) is 23.0. The van der Waals surface area contributed by atoms with Crippen LogP contribution in [-0.2, 0) is 0 Å².